The highest BCUT2D eigenvalue weighted by Gasteiger charge is 2.12. The molecule has 0 heterocycles. The van der Waals surface area contributed by atoms with Gasteiger partial charge in [-0.2, -0.15) is 0 Å². The molecule has 9 nitrogen and oxygen atoms in total. The maximum absolute atomic E-state index is 12.3. The van der Waals surface area contributed by atoms with E-state index in [0.717, 1.165) is 18.4 Å². The minimum absolute atomic E-state index is 0.0156. The highest BCUT2D eigenvalue weighted by Crippen LogP contribution is 2.21. The summed E-state index contributed by atoms with van der Waals surface area (Å²) in [4.78, 5) is 12.3. The minimum atomic E-state index is -0.550. The highest BCUT2D eigenvalue weighted by molar-refractivity contribution is 5.92. The second kappa shape index (κ2) is 27.5. The van der Waals surface area contributed by atoms with E-state index in [0.29, 0.717) is 91.0 Å². The van der Waals surface area contributed by atoms with Crippen molar-refractivity contribution < 1.29 is 38.7 Å². The molecule has 0 radical (unpaired) electrons. The molecular formula is C40H57NO8. The zero-order valence-electron chi connectivity index (χ0n) is 29.7. The summed E-state index contributed by atoms with van der Waals surface area (Å²) in [5.74, 6) is 5.99. The zero-order chi connectivity index (χ0) is 35.4. The molecule has 2 rings (SSSR count). The number of benzene rings is 2. The molecule has 2 aromatic carbocycles. The van der Waals surface area contributed by atoms with Crippen molar-refractivity contribution in [2.45, 2.75) is 52.6 Å². The molecular weight excluding hydrogens is 622 g/mol. The Hall–Kier alpha value is -3.33. The predicted octanol–water partition coefficient (Wildman–Crippen LogP) is 5.19. The van der Waals surface area contributed by atoms with Crippen LogP contribution in [0.1, 0.15) is 45.6 Å². The van der Waals surface area contributed by atoms with Gasteiger partial charge in [0.25, 0.3) is 0 Å². The van der Waals surface area contributed by atoms with E-state index < -0.39 is 6.10 Å². The van der Waals surface area contributed by atoms with Gasteiger partial charge >= 0.3 is 0 Å². The van der Waals surface area contributed by atoms with Crippen LogP contribution < -0.4 is 5.32 Å². The van der Waals surface area contributed by atoms with Crippen molar-refractivity contribution in [2.75, 3.05) is 79.2 Å². The first-order valence-electron chi connectivity index (χ1n) is 17.3. The summed E-state index contributed by atoms with van der Waals surface area (Å²) in [6, 6.07) is 14.9. The summed E-state index contributed by atoms with van der Waals surface area (Å²) >= 11 is 0. The zero-order valence-corrected chi connectivity index (χ0v) is 29.7. The fourth-order valence-electron chi connectivity index (χ4n) is 4.81. The number of fused-ring (bicyclic) bond motifs is 1. The highest BCUT2D eigenvalue weighted by atomic mass is 16.6. The van der Waals surface area contributed by atoms with Gasteiger partial charge < -0.3 is 39.2 Å². The second-order valence-corrected chi connectivity index (χ2v) is 11.6. The van der Waals surface area contributed by atoms with Gasteiger partial charge in [0, 0.05) is 24.5 Å². The number of aliphatic hydroxyl groups excluding tert-OH is 2. The van der Waals surface area contributed by atoms with E-state index in [4.69, 9.17) is 28.8 Å². The smallest absolute Gasteiger partial charge is 0.246 e. The largest absolute Gasteiger partial charge is 0.394 e. The van der Waals surface area contributed by atoms with E-state index >= 15 is 0 Å². The molecule has 0 aliphatic heterocycles. The number of ether oxygens (including phenoxy) is 5. The number of amides is 1. The van der Waals surface area contributed by atoms with Gasteiger partial charge in [0.15, 0.2) is 0 Å². The summed E-state index contributed by atoms with van der Waals surface area (Å²) < 4.78 is 26.8. The van der Waals surface area contributed by atoms with Crippen molar-refractivity contribution in [1.82, 2.24) is 5.32 Å². The summed E-state index contributed by atoms with van der Waals surface area (Å²) in [6.45, 7) is 10.7. The number of allylic oxidation sites excluding steroid dienone is 3. The van der Waals surface area contributed by atoms with Crippen LogP contribution in [0, 0.1) is 17.8 Å². The van der Waals surface area contributed by atoms with Crippen molar-refractivity contribution in [1.29, 1.82) is 0 Å². The monoisotopic (exact) mass is 679 g/mol. The SMILES string of the molecule is C/C(=C\CCC#C/C=C/C(C)C(O)/C(C)=C/CCc1cccc2ccccc12)C(=O)NCCOCCOCCOCCOCCOCCO. The van der Waals surface area contributed by atoms with E-state index in [1.807, 2.05) is 26.0 Å². The predicted molar refractivity (Wildman–Crippen MR) is 195 cm³/mol. The van der Waals surface area contributed by atoms with Crippen LogP contribution in [-0.2, 0) is 34.9 Å². The third-order valence-corrected chi connectivity index (χ3v) is 7.64. The van der Waals surface area contributed by atoms with Gasteiger partial charge in [-0.25, -0.2) is 0 Å². The van der Waals surface area contributed by atoms with E-state index in [2.05, 4.69) is 65.7 Å². The van der Waals surface area contributed by atoms with Crippen LogP contribution in [0.3, 0.4) is 0 Å². The number of aryl methyl sites for hydroxylation is 1. The number of carbonyl (C=O) groups is 1. The molecule has 0 spiro atoms. The first kappa shape index (κ1) is 41.8. The molecule has 0 aliphatic rings. The summed E-state index contributed by atoms with van der Waals surface area (Å²) in [5, 5.41) is 24.8. The third-order valence-electron chi connectivity index (χ3n) is 7.64. The molecule has 0 saturated heterocycles. The Labute approximate surface area is 293 Å². The third kappa shape index (κ3) is 19.4. The lowest BCUT2D eigenvalue weighted by atomic mass is 9.95. The number of carbonyl (C=O) groups excluding carboxylic acids is 1. The van der Waals surface area contributed by atoms with Crippen molar-refractivity contribution in [2.24, 2.45) is 5.92 Å². The lowest BCUT2D eigenvalue weighted by Crippen LogP contribution is -2.28. The lowest BCUT2D eigenvalue weighted by molar-refractivity contribution is -0.117. The summed E-state index contributed by atoms with van der Waals surface area (Å²) in [5.41, 5.74) is 2.95. The number of nitrogens with one attached hydrogen (secondary N) is 1. The average molecular weight is 680 g/mol. The Kier molecular flexibility index (Phi) is 23.5. The first-order chi connectivity index (χ1) is 23.9. The van der Waals surface area contributed by atoms with E-state index in [1.165, 1.54) is 16.3 Å². The van der Waals surface area contributed by atoms with Crippen LogP contribution >= 0.6 is 0 Å². The Morgan fingerprint density at radius 3 is 2.10 bits per heavy atom. The molecule has 1 amide bonds. The van der Waals surface area contributed by atoms with Crippen LogP contribution in [0.4, 0.5) is 0 Å². The topological polar surface area (TPSA) is 116 Å². The van der Waals surface area contributed by atoms with E-state index in [9.17, 15) is 9.90 Å². The van der Waals surface area contributed by atoms with Crippen molar-refractivity contribution in [3.05, 3.63) is 83.5 Å². The molecule has 9 heteroatoms. The standard InChI is InChI=1S/C40H57NO8/c1-33(39(43)34(2)15-11-17-37-19-12-18-36-16-9-10-20-38(36)37)13-7-5-4-6-8-14-35(3)40(44)41-21-23-45-25-27-47-29-31-49-32-30-48-28-26-46-24-22-42/h7,9-10,12-16,18-20,33,39,42-43H,6,8,11,17,21-32H2,1-3H3,(H,41,44)/b13-7+,34-15+,35-14+. The quantitative estimate of drug-likeness (QED) is 0.0539. The van der Waals surface area contributed by atoms with Crippen molar-refractivity contribution >= 4 is 16.7 Å². The number of unbranched alkanes of at least 4 members (excludes halogenated alkanes) is 1. The molecule has 2 unspecified atom stereocenters. The molecule has 0 fully saturated rings. The average Bonchev–Trinajstić information content (AvgIpc) is 3.11. The molecule has 0 saturated carbocycles. The summed E-state index contributed by atoms with van der Waals surface area (Å²) in [7, 11) is 0. The fourth-order valence-corrected chi connectivity index (χ4v) is 4.81. The Morgan fingerprint density at radius 2 is 1.43 bits per heavy atom. The maximum atomic E-state index is 12.3. The minimum Gasteiger partial charge on any atom is -0.394 e. The van der Waals surface area contributed by atoms with Gasteiger partial charge in [0.1, 0.15) is 0 Å². The fraction of sp³-hybridized carbons (Fsp3) is 0.525. The molecule has 0 aliphatic carbocycles. The molecule has 3 N–H and O–H groups in total. The molecule has 0 bridgehead atoms. The van der Waals surface area contributed by atoms with E-state index in [1.54, 1.807) is 13.0 Å². The maximum Gasteiger partial charge on any atom is 0.246 e. The van der Waals surface area contributed by atoms with Gasteiger partial charge in [-0.05, 0) is 61.1 Å². The number of hydrogen-bond acceptors (Lipinski definition) is 8. The van der Waals surface area contributed by atoms with Crippen LogP contribution in [0.15, 0.2) is 77.9 Å². The Morgan fingerprint density at radius 1 is 0.816 bits per heavy atom. The van der Waals surface area contributed by atoms with Gasteiger partial charge in [-0.15, -0.1) is 0 Å². The van der Waals surface area contributed by atoms with E-state index in [-0.39, 0.29) is 18.4 Å². The van der Waals surface area contributed by atoms with Crippen molar-refractivity contribution in [3.8, 4) is 11.8 Å². The number of hydrogen-bond donors (Lipinski definition) is 3. The normalized spacial score (nSPS) is 13.4. The lowest BCUT2D eigenvalue weighted by Gasteiger charge is -2.16. The van der Waals surface area contributed by atoms with Gasteiger partial charge in [0.2, 0.25) is 5.91 Å². The second-order valence-electron chi connectivity index (χ2n) is 11.6. The van der Waals surface area contributed by atoms with Gasteiger partial charge in [-0.3, -0.25) is 4.79 Å². The number of rotatable bonds is 26. The molecule has 49 heavy (non-hydrogen) atoms. The number of aliphatic hydroxyl groups is 2. The van der Waals surface area contributed by atoms with Crippen LogP contribution in [-0.4, -0.2) is 101 Å². The Balaban J connectivity index is 1.48. The van der Waals surface area contributed by atoms with Crippen molar-refractivity contribution in [3.63, 3.8) is 0 Å². The molecule has 2 atom stereocenters. The van der Waals surface area contributed by atoms with Crippen LogP contribution in [0.5, 0.6) is 0 Å². The van der Waals surface area contributed by atoms with Gasteiger partial charge in [0.05, 0.1) is 78.8 Å². The molecule has 270 valence electrons. The Bertz CT molecular complexity index is 1340. The first-order valence-corrected chi connectivity index (χ1v) is 17.3. The van der Waals surface area contributed by atoms with Crippen LogP contribution in [0.2, 0.25) is 0 Å². The molecule has 0 aromatic heterocycles. The molecule has 2 aromatic rings. The van der Waals surface area contributed by atoms with Crippen LogP contribution in [0.25, 0.3) is 10.8 Å². The van der Waals surface area contributed by atoms with Gasteiger partial charge in [-0.1, -0.05) is 79.5 Å². The summed E-state index contributed by atoms with van der Waals surface area (Å²) in [6.07, 6.45) is 10.4.